The van der Waals surface area contributed by atoms with Gasteiger partial charge >= 0.3 is 0 Å². The lowest BCUT2D eigenvalue weighted by Gasteiger charge is -2.32. The minimum atomic E-state index is -0.0272. The summed E-state index contributed by atoms with van der Waals surface area (Å²) in [6.07, 6.45) is 5.39. The number of nitrogens with zero attached hydrogens (tertiary/aromatic N) is 2. The van der Waals surface area contributed by atoms with Crippen LogP contribution in [0.25, 0.3) is 0 Å². The van der Waals surface area contributed by atoms with E-state index in [2.05, 4.69) is 17.4 Å². The summed E-state index contributed by atoms with van der Waals surface area (Å²) in [4.78, 5) is 29.3. The zero-order chi connectivity index (χ0) is 18.1. The summed E-state index contributed by atoms with van der Waals surface area (Å²) in [6, 6.07) is 8.31. The molecule has 2 bridgehead atoms. The Balaban J connectivity index is 0.00000210. The van der Waals surface area contributed by atoms with Crippen LogP contribution in [0.2, 0.25) is 0 Å². The molecule has 0 aliphatic carbocycles. The van der Waals surface area contributed by atoms with Gasteiger partial charge < -0.3 is 15.1 Å². The van der Waals surface area contributed by atoms with Gasteiger partial charge in [-0.25, -0.2) is 0 Å². The molecule has 4 aliphatic heterocycles. The molecule has 2 atom stereocenters. The van der Waals surface area contributed by atoms with Crippen LogP contribution < -0.4 is 5.32 Å². The van der Waals surface area contributed by atoms with Gasteiger partial charge in [0.2, 0.25) is 5.91 Å². The number of nitrogens with one attached hydrogen (secondary N) is 1. The van der Waals surface area contributed by atoms with Crippen molar-refractivity contribution in [3.63, 3.8) is 0 Å². The SMILES string of the molecule is CN1C(=O)[C@H]2CC[C@@H]1CN(C(=O)c1cccc(CC3CCNCC3)c1)C2.Cl. The molecule has 4 saturated heterocycles. The number of fused-ring (bicyclic) bond motifs is 4. The summed E-state index contributed by atoms with van der Waals surface area (Å²) in [5, 5.41) is 3.41. The molecule has 0 saturated carbocycles. The third-order valence-electron chi connectivity index (χ3n) is 6.41. The number of benzene rings is 1. The summed E-state index contributed by atoms with van der Waals surface area (Å²) in [5.41, 5.74) is 2.03. The highest BCUT2D eigenvalue weighted by atomic mass is 35.5. The smallest absolute Gasteiger partial charge is 0.253 e. The first-order valence-corrected chi connectivity index (χ1v) is 9.97. The van der Waals surface area contributed by atoms with Crippen molar-refractivity contribution in [1.82, 2.24) is 15.1 Å². The number of hydrogen-bond acceptors (Lipinski definition) is 3. The second kappa shape index (κ2) is 8.61. The molecule has 4 aliphatic rings. The van der Waals surface area contributed by atoms with Crippen molar-refractivity contribution in [3.05, 3.63) is 35.4 Å². The van der Waals surface area contributed by atoms with Crippen LogP contribution in [0, 0.1) is 11.8 Å². The van der Waals surface area contributed by atoms with Crippen LogP contribution in [0.5, 0.6) is 0 Å². The van der Waals surface area contributed by atoms with Gasteiger partial charge in [0.1, 0.15) is 0 Å². The molecular formula is C21H30ClN3O2. The number of hydrogen-bond donors (Lipinski definition) is 1. The van der Waals surface area contributed by atoms with E-state index in [0.717, 1.165) is 37.9 Å². The molecule has 1 N–H and O–H groups in total. The van der Waals surface area contributed by atoms with Crippen LogP contribution in [0.4, 0.5) is 0 Å². The molecule has 4 fully saturated rings. The predicted molar refractivity (Wildman–Crippen MR) is 108 cm³/mol. The largest absolute Gasteiger partial charge is 0.341 e. The minimum Gasteiger partial charge on any atom is -0.341 e. The van der Waals surface area contributed by atoms with Crippen molar-refractivity contribution in [2.75, 3.05) is 33.2 Å². The topological polar surface area (TPSA) is 52.7 Å². The lowest BCUT2D eigenvalue weighted by Crippen LogP contribution is -2.45. The van der Waals surface area contributed by atoms with Gasteiger partial charge in [-0.05, 0) is 68.8 Å². The summed E-state index contributed by atoms with van der Waals surface area (Å²) in [7, 11) is 1.88. The molecule has 2 amide bonds. The van der Waals surface area contributed by atoms with E-state index in [1.54, 1.807) is 0 Å². The maximum Gasteiger partial charge on any atom is 0.253 e. The normalized spacial score (nSPS) is 25.9. The van der Waals surface area contributed by atoms with Crippen LogP contribution in [0.1, 0.15) is 41.6 Å². The Kier molecular flexibility index (Phi) is 6.43. The van der Waals surface area contributed by atoms with Gasteiger partial charge in [0.15, 0.2) is 0 Å². The quantitative estimate of drug-likeness (QED) is 0.860. The van der Waals surface area contributed by atoms with E-state index < -0.39 is 0 Å². The van der Waals surface area contributed by atoms with Crippen molar-refractivity contribution in [1.29, 1.82) is 0 Å². The Morgan fingerprint density at radius 1 is 1.15 bits per heavy atom. The third-order valence-corrected chi connectivity index (χ3v) is 6.41. The second-order valence-corrected chi connectivity index (χ2v) is 8.19. The number of rotatable bonds is 3. The zero-order valence-corrected chi connectivity index (χ0v) is 16.8. The zero-order valence-electron chi connectivity index (χ0n) is 16.0. The molecule has 0 aromatic heterocycles. The molecule has 6 heteroatoms. The van der Waals surface area contributed by atoms with Crippen molar-refractivity contribution < 1.29 is 9.59 Å². The molecular weight excluding hydrogens is 362 g/mol. The first kappa shape index (κ1) is 20.2. The highest BCUT2D eigenvalue weighted by Gasteiger charge is 2.40. The maximum absolute atomic E-state index is 13.1. The summed E-state index contributed by atoms with van der Waals surface area (Å²) in [5.74, 6) is 0.968. The van der Waals surface area contributed by atoms with E-state index in [-0.39, 0.29) is 36.2 Å². The fourth-order valence-electron chi connectivity index (χ4n) is 4.76. The molecule has 27 heavy (non-hydrogen) atoms. The molecule has 0 unspecified atom stereocenters. The number of piperidine rings is 2. The van der Waals surface area contributed by atoms with Crippen molar-refractivity contribution in [2.24, 2.45) is 11.8 Å². The number of carbonyl (C=O) groups excluding carboxylic acids is 2. The lowest BCUT2D eigenvalue weighted by molar-refractivity contribution is -0.138. The van der Waals surface area contributed by atoms with Gasteiger partial charge in [0.25, 0.3) is 5.91 Å². The molecule has 1 aromatic rings. The minimum absolute atomic E-state index is 0. The van der Waals surface area contributed by atoms with Crippen LogP contribution in [0.15, 0.2) is 24.3 Å². The van der Waals surface area contributed by atoms with Gasteiger partial charge in [0.05, 0.1) is 5.92 Å². The average molecular weight is 392 g/mol. The summed E-state index contributed by atoms with van der Waals surface area (Å²) >= 11 is 0. The monoisotopic (exact) mass is 391 g/mol. The van der Waals surface area contributed by atoms with Crippen LogP contribution >= 0.6 is 12.4 Å². The summed E-state index contributed by atoms with van der Waals surface area (Å²) < 4.78 is 0. The van der Waals surface area contributed by atoms with Gasteiger partial charge in [0, 0.05) is 31.7 Å². The Bertz CT molecular complexity index is 690. The van der Waals surface area contributed by atoms with Crippen molar-refractivity contribution in [3.8, 4) is 0 Å². The van der Waals surface area contributed by atoms with Crippen LogP contribution in [-0.2, 0) is 11.2 Å². The van der Waals surface area contributed by atoms with E-state index >= 15 is 0 Å². The molecule has 0 spiro atoms. The maximum atomic E-state index is 13.1. The van der Waals surface area contributed by atoms with Gasteiger partial charge in [-0.1, -0.05) is 12.1 Å². The number of carbonyl (C=O) groups is 2. The molecule has 5 nitrogen and oxygen atoms in total. The van der Waals surface area contributed by atoms with E-state index in [4.69, 9.17) is 0 Å². The summed E-state index contributed by atoms with van der Waals surface area (Å²) in [6.45, 7) is 3.43. The standard InChI is InChI=1S/C21H29N3O2.ClH/c1-23-19-6-5-18(20(23)25)13-24(14-19)21(26)17-4-2-3-16(12-17)11-15-7-9-22-10-8-15;/h2-4,12,15,18-19,22H,5-11,13-14H2,1H3;1H/t18-,19+;/m0./s1. The molecule has 148 valence electrons. The molecule has 4 heterocycles. The number of likely N-dealkylation sites (N-methyl/N-ethyl adjacent to an activating group) is 1. The van der Waals surface area contributed by atoms with Crippen molar-refractivity contribution in [2.45, 2.75) is 38.1 Å². The molecule has 5 rings (SSSR count). The second-order valence-electron chi connectivity index (χ2n) is 8.19. The third kappa shape index (κ3) is 4.30. The Hall–Kier alpha value is -1.59. The molecule has 1 aromatic carbocycles. The Morgan fingerprint density at radius 2 is 1.93 bits per heavy atom. The van der Waals surface area contributed by atoms with Crippen LogP contribution in [0.3, 0.4) is 0 Å². The van der Waals surface area contributed by atoms with Gasteiger partial charge in [-0.2, -0.15) is 0 Å². The van der Waals surface area contributed by atoms with E-state index in [1.165, 1.54) is 18.4 Å². The fourth-order valence-corrected chi connectivity index (χ4v) is 4.76. The average Bonchev–Trinajstić information content (AvgIpc) is 2.95. The first-order valence-electron chi connectivity index (χ1n) is 9.97. The lowest BCUT2D eigenvalue weighted by atomic mass is 9.90. The first-order chi connectivity index (χ1) is 12.6. The highest BCUT2D eigenvalue weighted by Crippen LogP contribution is 2.29. The molecule has 0 radical (unpaired) electrons. The number of amides is 2. The number of halogens is 1. The predicted octanol–water partition coefficient (Wildman–Crippen LogP) is 2.34. The van der Waals surface area contributed by atoms with E-state index in [0.29, 0.717) is 19.0 Å². The van der Waals surface area contributed by atoms with E-state index in [1.807, 2.05) is 29.0 Å². The fraction of sp³-hybridized carbons (Fsp3) is 0.619. The van der Waals surface area contributed by atoms with Gasteiger partial charge in [-0.3, -0.25) is 9.59 Å². The van der Waals surface area contributed by atoms with Crippen molar-refractivity contribution >= 4 is 24.2 Å². The Labute approximate surface area is 167 Å². The Morgan fingerprint density at radius 3 is 2.70 bits per heavy atom. The van der Waals surface area contributed by atoms with E-state index in [9.17, 15) is 9.59 Å². The van der Waals surface area contributed by atoms with Gasteiger partial charge in [-0.15, -0.1) is 12.4 Å². The van der Waals surface area contributed by atoms with Crippen LogP contribution in [-0.4, -0.2) is 60.9 Å². The highest BCUT2D eigenvalue weighted by molar-refractivity contribution is 5.95.